The summed E-state index contributed by atoms with van der Waals surface area (Å²) in [7, 11) is 3.20. The first kappa shape index (κ1) is 19.2. The molecule has 2 rings (SSSR count). The van der Waals surface area contributed by atoms with E-state index in [1.165, 1.54) is 4.90 Å². The molecule has 0 aliphatic rings. The van der Waals surface area contributed by atoms with E-state index in [9.17, 15) is 14.7 Å². The first-order valence-corrected chi connectivity index (χ1v) is 8.27. The molecule has 1 aromatic heterocycles. The lowest BCUT2D eigenvalue weighted by Crippen LogP contribution is -2.48. The van der Waals surface area contributed by atoms with Crippen molar-refractivity contribution in [1.29, 1.82) is 0 Å². The normalized spacial score (nSPS) is 11.5. The van der Waals surface area contributed by atoms with Crippen LogP contribution in [0.25, 0.3) is 0 Å². The number of amides is 2. The molecular weight excluding hydrogens is 334 g/mol. The van der Waals surface area contributed by atoms with Gasteiger partial charge in [-0.2, -0.15) is 0 Å². The second kappa shape index (κ2) is 9.41. The zero-order chi connectivity index (χ0) is 18.9. The highest BCUT2D eigenvalue weighted by Crippen LogP contribution is 2.13. The summed E-state index contributed by atoms with van der Waals surface area (Å²) < 4.78 is 5.08. The molecule has 0 aliphatic heterocycles. The van der Waals surface area contributed by atoms with Crippen LogP contribution in [0, 0.1) is 0 Å². The molecule has 1 atom stereocenters. The Hall–Kier alpha value is -3.09. The number of aliphatic carboxylic acids is 1. The van der Waals surface area contributed by atoms with E-state index in [-0.39, 0.29) is 6.42 Å². The number of aromatic nitrogens is 1. The van der Waals surface area contributed by atoms with Gasteiger partial charge in [-0.15, -0.1) is 0 Å². The zero-order valence-electron chi connectivity index (χ0n) is 14.9. The van der Waals surface area contributed by atoms with E-state index in [2.05, 4.69) is 10.3 Å². The molecule has 7 nitrogen and oxygen atoms in total. The van der Waals surface area contributed by atoms with Crippen molar-refractivity contribution in [3.63, 3.8) is 0 Å². The fourth-order valence-electron chi connectivity index (χ4n) is 2.39. The summed E-state index contributed by atoms with van der Waals surface area (Å²) in [6, 6.07) is 11.3. The number of pyridine rings is 1. The van der Waals surface area contributed by atoms with Crippen LogP contribution in [0.15, 0.2) is 48.7 Å². The van der Waals surface area contributed by atoms with Gasteiger partial charge in [0.1, 0.15) is 11.8 Å². The Bertz CT molecular complexity index is 719. The van der Waals surface area contributed by atoms with Crippen LogP contribution in [-0.2, 0) is 17.6 Å². The van der Waals surface area contributed by atoms with E-state index in [4.69, 9.17) is 4.74 Å². The minimum atomic E-state index is -1.08. The van der Waals surface area contributed by atoms with Crippen molar-refractivity contribution in [2.75, 3.05) is 20.7 Å². The van der Waals surface area contributed by atoms with Gasteiger partial charge in [-0.1, -0.05) is 18.2 Å². The van der Waals surface area contributed by atoms with Crippen LogP contribution >= 0.6 is 0 Å². The van der Waals surface area contributed by atoms with Crippen LogP contribution in [0.3, 0.4) is 0 Å². The molecular formula is C19H23N3O4. The first-order valence-electron chi connectivity index (χ1n) is 8.27. The van der Waals surface area contributed by atoms with Crippen LogP contribution in [0.5, 0.6) is 5.75 Å². The molecule has 26 heavy (non-hydrogen) atoms. The lowest BCUT2D eigenvalue weighted by Gasteiger charge is -2.21. The molecule has 0 unspecified atom stereocenters. The van der Waals surface area contributed by atoms with Crippen molar-refractivity contribution < 1.29 is 19.4 Å². The second-order valence-corrected chi connectivity index (χ2v) is 5.89. The quantitative estimate of drug-likeness (QED) is 0.754. The van der Waals surface area contributed by atoms with E-state index >= 15 is 0 Å². The van der Waals surface area contributed by atoms with Gasteiger partial charge in [0.25, 0.3) is 0 Å². The minimum Gasteiger partial charge on any atom is -0.497 e. The number of likely N-dealkylation sites (N-methyl/N-ethyl adjacent to an activating group) is 1. The number of carboxylic acids is 1. The molecule has 2 aromatic rings. The van der Waals surface area contributed by atoms with Gasteiger partial charge in [-0.25, -0.2) is 9.59 Å². The third kappa shape index (κ3) is 5.77. The van der Waals surface area contributed by atoms with Gasteiger partial charge in [0, 0.05) is 38.3 Å². The Morgan fingerprint density at radius 3 is 2.54 bits per heavy atom. The van der Waals surface area contributed by atoms with Crippen LogP contribution in [-0.4, -0.2) is 53.7 Å². The largest absolute Gasteiger partial charge is 0.497 e. The van der Waals surface area contributed by atoms with Crippen LogP contribution in [0.1, 0.15) is 11.3 Å². The first-order chi connectivity index (χ1) is 12.5. The number of hydrogen-bond acceptors (Lipinski definition) is 4. The highest BCUT2D eigenvalue weighted by Gasteiger charge is 2.22. The molecule has 0 aliphatic carbocycles. The number of rotatable bonds is 8. The van der Waals surface area contributed by atoms with Crippen LogP contribution in [0.2, 0.25) is 0 Å². The summed E-state index contributed by atoms with van der Waals surface area (Å²) in [6.07, 6.45) is 2.49. The van der Waals surface area contributed by atoms with Crippen LogP contribution < -0.4 is 10.1 Å². The number of nitrogens with zero attached hydrogens (tertiary/aromatic N) is 2. The Labute approximate surface area is 152 Å². The Balaban J connectivity index is 1.90. The maximum Gasteiger partial charge on any atom is 0.326 e. The molecule has 0 spiro atoms. The predicted molar refractivity (Wildman–Crippen MR) is 97.2 cm³/mol. The molecule has 7 heteroatoms. The van der Waals surface area contributed by atoms with Gasteiger partial charge in [-0.3, -0.25) is 4.98 Å². The summed E-state index contributed by atoms with van der Waals surface area (Å²) in [5.74, 6) is -0.383. The standard InChI is InChI=1S/C19H23N3O4/c1-22(12-10-15-5-3-4-11-20-15)19(25)21-17(18(23)24)13-14-6-8-16(26-2)9-7-14/h3-9,11,17H,10,12-13H2,1-2H3,(H,21,25)(H,23,24)/t17-/m0/s1. The number of carbonyl (C=O) groups excluding carboxylic acids is 1. The maximum atomic E-state index is 12.3. The molecule has 138 valence electrons. The van der Waals surface area contributed by atoms with Crippen molar-refractivity contribution in [2.24, 2.45) is 0 Å². The van der Waals surface area contributed by atoms with E-state index < -0.39 is 18.0 Å². The van der Waals surface area contributed by atoms with Gasteiger partial charge < -0.3 is 20.1 Å². The summed E-state index contributed by atoms with van der Waals surface area (Å²) in [6.45, 7) is 0.442. The fraction of sp³-hybridized carbons (Fsp3) is 0.316. The summed E-state index contributed by atoms with van der Waals surface area (Å²) >= 11 is 0. The molecule has 0 bridgehead atoms. The number of nitrogens with one attached hydrogen (secondary N) is 1. The number of urea groups is 1. The van der Waals surface area contributed by atoms with Gasteiger partial charge in [0.2, 0.25) is 0 Å². The predicted octanol–water partition coefficient (Wildman–Crippen LogP) is 1.97. The second-order valence-electron chi connectivity index (χ2n) is 5.89. The van der Waals surface area contributed by atoms with Crippen molar-refractivity contribution in [3.05, 3.63) is 59.9 Å². The summed E-state index contributed by atoms with van der Waals surface area (Å²) in [4.78, 5) is 29.4. The van der Waals surface area contributed by atoms with Gasteiger partial charge in [0.05, 0.1) is 7.11 Å². The van der Waals surface area contributed by atoms with Crippen molar-refractivity contribution in [1.82, 2.24) is 15.2 Å². The molecule has 0 saturated heterocycles. The number of carboxylic acid groups (broad SMARTS) is 1. The molecule has 2 N–H and O–H groups in total. The minimum absolute atomic E-state index is 0.194. The number of benzene rings is 1. The smallest absolute Gasteiger partial charge is 0.326 e. The molecule has 0 saturated carbocycles. The van der Waals surface area contributed by atoms with Crippen molar-refractivity contribution >= 4 is 12.0 Å². The van der Waals surface area contributed by atoms with E-state index in [0.29, 0.717) is 18.7 Å². The molecule has 0 radical (unpaired) electrons. The van der Waals surface area contributed by atoms with Gasteiger partial charge in [0.15, 0.2) is 0 Å². The summed E-state index contributed by atoms with van der Waals surface area (Å²) in [5, 5.41) is 12.0. The monoisotopic (exact) mass is 357 g/mol. The molecule has 2 amide bonds. The fourth-order valence-corrected chi connectivity index (χ4v) is 2.39. The Morgan fingerprint density at radius 2 is 1.96 bits per heavy atom. The number of ether oxygens (including phenoxy) is 1. The average molecular weight is 357 g/mol. The summed E-state index contributed by atoms with van der Waals surface area (Å²) in [5.41, 5.74) is 1.68. The van der Waals surface area contributed by atoms with E-state index in [0.717, 1.165) is 11.3 Å². The number of methoxy groups -OCH3 is 1. The van der Waals surface area contributed by atoms with Crippen molar-refractivity contribution in [2.45, 2.75) is 18.9 Å². The molecule has 0 fully saturated rings. The van der Waals surface area contributed by atoms with E-state index in [1.807, 2.05) is 18.2 Å². The zero-order valence-corrected chi connectivity index (χ0v) is 14.9. The highest BCUT2D eigenvalue weighted by atomic mass is 16.5. The lowest BCUT2D eigenvalue weighted by molar-refractivity contribution is -0.139. The highest BCUT2D eigenvalue weighted by molar-refractivity contribution is 5.82. The van der Waals surface area contributed by atoms with Gasteiger partial charge in [-0.05, 0) is 29.8 Å². The molecule has 1 aromatic carbocycles. The lowest BCUT2D eigenvalue weighted by atomic mass is 10.1. The maximum absolute atomic E-state index is 12.3. The average Bonchev–Trinajstić information content (AvgIpc) is 2.66. The number of hydrogen-bond donors (Lipinski definition) is 2. The number of carbonyl (C=O) groups is 2. The topological polar surface area (TPSA) is 91.8 Å². The SMILES string of the molecule is COc1ccc(C[C@H](NC(=O)N(C)CCc2ccccn2)C(=O)O)cc1. The van der Waals surface area contributed by atoms with Crippen LogP contribution in [0.4, 0.5) is 4.79 Å². The Morgan fingerprint density at radius 1 is 1.23 bits per heavy atom. The third-order valence-electron chi connectivity index (χ3n) is 3.97. The molecule has 1 heterocycles. The Kier molecular flexibility index (Phi) is 6.96. The van der Waals surface area contributed by atoms with E-state index in [1.54, 1.807) is 44.6 Å². The van der Waals surface area contributed by atoms with Gasteiger partial charge >= 0.3 is 12.0 Å². The third-order valence-corrected chi connectivity index (χ3v) is 3.97. The van der Waals surface area contributed by atoms with Crippen molar-refractivity contribution in [3.8, 4) is 5.75 Å².